The van der Waals surface area contributed by atoms with Gasteiger partial charge in [0.15, 0.2) is 5.78 Å². The summed E-state index contributed by atoms with van der Waals surface area (Å²) in [5, 5.41) is 4.01. The number of ether oxygens (including phenoxy) is 1. The maximum Gasteiger partial charge on any atom is 0.573 e. The minimum absolute atomic E-state index is 0.0318. The van der Waals surface area contributed by atoms with Crippen molar-refractivity contribution in [3.05, 3.63) is 86.1 Å². The number of hydrogen-bond acceptors (Lipinski definition) is 4. The van der Waals surface area contributed by atoms with Gasteiger partial charge < -0.3 is 10.1 Å². The number of halogens is 4. The number of Topliss-reactive ketones (excluding diaryl/α,β-unsaturated/α-hetero) is 1. The highest BCUT2D eigenvalue weighted by Gasteiger charge is 2.31. The molecule has 3 nitrogen and oxygen atoms in total. The van der Waals surface area contributed by atoms with E-state index in [4.69, 9.17) is 11.6 Å². The summed E-state index contributed by atoms with van der Waals surface area (Å²) in [6.45, 7) is 0.726. The predicted molar refractivity (Wildman–Crippen MR) is 110 cm³/mol. The number of nitrogens with one attached hydrogen (secondary N) is 1. The molecule has 0 fully saturated rings. The molecule has 4 rings (SSSR count). The van der Waals surface area contributed by atoms with Gasteiger partial charge in [-0.15, -0.1) is 24.5 Å². The quantitative estimate of drug-likeness (QED) is 0.486. The van der Waals surface area contributed by atoms with Gasteiger partial charge in [0.25, 0.3) is 0 Å². The molecule has 0 radical (unpaired) electrons. The first-order chi connectivity index (χ1) is 14.3. The zero-order valence-corrected chi connectivity index (χ0v) is 17.2. The van der Waals surface area contributed by atoms with E-state index in [0.29, 0.717) is 9.90 Å². The molecule has 1 unspecified atom stereocenters. The van der Waals surface area contributed by atoms with Crippen LogP contribution >= 0.6 is 22.9 Å². The summed E-state index contributed by atoms with van der Waals surface area (Å²) in [4.78, 5) is 14.6. The number of alkyl halides is 3. The fourth-order valence-corrected chi connectivity index (χ4v) is 4.76. The fraction of sp³-hybridized carbons (Fsp3) is 0.227. The molecule has 30 heavy (non-hydrogen) atoms. The second-order valence-electron chi connectivity index (χ2n) is 6.97. The summed E-state index contributed by atoms with van der Waals surface area (Å²) in [5.41, 5.74) is 2.71. The first kappa shape index (κ1) is 20.9. The van der Waals surface area contributed by atoms with Crippen LogP contribution in [0.2, 0.25) is 5.02 Å². The second-order valence-corrected chi connectivity index (χ2v) is 8.54. The van der Waals surface area contributed by atoms with Crippen LogP contribution in [0, 0.1) is 0 Å². The van der Waals surface area contributed by atoms with Crippen molar-refractivity contribution in [3.8, 4) is 5.75 Å². The first-order valence-electron chi connectivity index (χ1n) is 9.28. The lowest BCUT2D eigenvalue weighted by Gasteiger charge is -2.24. The van der Waals surface area contributed by atoms with Crippen LogP contribution in [0.4, 0.5) is 13.2 Å². The van der Waals surface area contributed by atoms with Crippen LogP contribution in [0.1, 0.15) is 37.3 Å². The van der Waals surface area contributed by atoms with E-state index >= 15 is 0 Å². The topological polar surface area (TPSA) is 38.3 Å². The molecule has 0 saturated heterocycles. The molecular weight excluding hydrogens is 435 g/mol. The average molecular weight is 452 g/mol. The first-order valence-corrected chi connectivity index (χ1v) is 10.5. The smallest absolute Gasteiger partial charge is 0.406 e. The molecular formula is C22H17ClF3NO2S. The average Bonchev–Trinajstić information content (AvgIpc) is 3.14. The molecule has 0 spiro atoms. The largest absolute Gasteiger partial charge is 0.573 e. The van der Waals surface area contributed by atoms with Crippen LogP contribution in [0.25, 0.3) is 0 Å². The minimum Gasteiger partial charge on any atom is -0.406 e. The van der Waals surface area contributed by atoms with Gasteiger partial charge in [0, 0.05) is 22.9 Å². The van der Waals surface area contributed by atoms with Crippen molar-refractivity contribution >= 4 is 28.7 Å². The number of benzene rings is 2. The normalized spacial score (nSPS) is 16.2. The highest BCUT2D eigenvalue weighted by molar-refractivity contribution is 7.14. The van der Waals surface area contributed by atoms with Gasteiger partial charge in [-0.3, -0.25) is 4.79 Å². The third kappa shape index (κ3) is 4.86. The molecule has 1 aliphatic rings. The summed E-state index contributed by atoms with van der Waals surface area (Å²) in [7, 11) is 0. The maximum atomic E-state index is 12.8. The zero-order valence-electron chi connectivity index (χ0n) is 15.6. The monoisotopic (exact) mass is 451 g/mol. The number of hydrogen-bond donors (Lipinski definition) is 1. The van der Waals surface area contributed by atoms with Crippen LogP contribution in [0.3, 0.4) is 0 Å². The Hall–Kier alpha value is -2.35. The maximum absolute atomic E-state index is 12.8. The van der Waals surface area contributed by atoms with Gasteiger partial charge >= 0.3 is 6.36 Å². The van der Waals surface area contributed by atoms with E-state index in [2.05, 4.69) is 10.1 Å². The molecule has 0 aliphatic carbocycles. The van der Waals surface area contributed by atoms with Crippen LogP contribution < -0.4 is 10.1 Å². The Balaban J connectivity index is 1.54. The summed E-state index contributed by atoms with van der Waals surface area (Å²) in [6, 6.07) is 14.7. The van der Waals surface area contributed by atoms with E-state index in [9.17, 15) is 18.0 Å². The third-order valence-corrected chi connectivity index (χ3v) is 6.36. The van der Waals surface area contributed by atoms with Crippen LogP contribution in [0.15, 0.2) is 54.6 Å². The Labute approximate surface area is 180 Å². The lowest BCUT2D eigenvalue weighted by molar-refractivity contribution is -0.274. The van der Waals surface area contributed by atoms with E-state index in [0.717, 1.165) is 34.5 Å². The van der Waals surface area contributed by atoms with Crippen LogP contribution in [-0.2, 0) is 12.8 Å². The van der Waals surface area contributed by atoms with Crippen molar-refractivity contribution in [2.45, 2.75) is 25.2 Å². The van der Waals surface area contributed by atoms with Gasteiger partial charge in [-0.1, -0.05) is 35.9 Å². The second kappa shape index (κ2) is 8.41. The number of carbonyl (C=O) groups excluding carboxylic acids is 1. The lowest BCUT2D eigenvalue weighted by Crippen LogP contribution is -2.29. The van der Waals surface area contributed by atoms with Gasteiger partial charge in [0.2, 0.25) is 0 Å². The molecule has 1 atom stereocenters. The SMILES string of the molecule is O=C(Cc1ccc(Cl)cc1)c1cc2c(s1)CCNC2c1ccc(OC(F)(F)F)cc1. The molecule has 0 bridgehead atoms. The molecule has 8 heteroatoms. The number of thiophene rings is 1. The lowest BCUT2D eigenvalue weighted by atomic mass is 9.94. The molecule has 156 valence electrons. The van der Waals surface area contributed by atoms with Crippen LogP contribution in [-0.4, -0.2) is 18.7 Å². The standard InChI is InChI=1S/C22H17ClF3NO2S/c23-15-5-1-13(2-6-15)11-18(28)20-12-17-19(30-20)9-10-27-21(17)14-3-7-16(8-4-14)29-22(24,25)26/h1-8,12,21,27H,9-11H2. The number of carbonyl (C=O) groups is 1. The van der Waals surface area contributed by atoms with Crippen molar-refractivity contribution in [2.75, 3.05) is 6.54 Å². The number of ketones is 1. The van der Waals surface area contributed by atoms with Gasteiger partial charge in [0.05, 0.1) is 10.9 Å². The van der Waals surface area contributed by atoms with E-state index < -0.39 is 6.36 Å². The van der Waals surface area contributed by atoms with Gasteiger partial charge in [-0.25, -0.2) is 0 Å². The van der Waals surface area contributed by atoms with E-state index in [1.54, 1.807) is 24.3 Å². The summed E-state index contributed by atoms with van der Waals surface area (Å²) >= 11 is 7.38. The molecule has 0 amide bonds. The Morgan fingerprint density at radius 1 is 1.13 bits per heavy atom. The highest BCUT2D eigenvalue weighted by atomic mass is 35.5. The molecule has 3 aromatic rings. The van der Waals surface area contributed by atoms with Crippen molar-refractivity contribution in [1.82, 2.24) is 5.32 Å². The number of rotatable bonds is 5. The van der Waals surface area contributed by atoms with E-state index in [1.807, 2.05) is 18.2 Å². The van der Waals surface area contributed by atoms with Crippen LogP contribution in [0.5, 0.6) is 5.75 Å². The van der Waals surface area contributed by atoms with Gasteiger partial charge in [0.1, 0.15) is 5.75 Å². The third-order valence-electron chi connectivity index (χ3n) is 4.85. The fourth-order valence-electron chi connectivity index (χ4n) is 3.49. The Bertz CT molecular complexity index is 1050. The molecule has 1 aromatic heterocycles. The Morgan fingerprint density at radius 3 is 2.50 bits per heavy atom. The number of fused-ring (bicyclic) bond motifs is 1. The molecule has 2 aromatic carbocycles. The van der Waals surface area contributed by atoms with Gasteiger partial charge in [-0.05, 0) is 53.4 Å². The van der Waals surface area contributed by atoms with Gasteiger partial charge in [-0.2, -0.15) is 0 Å². The molecule has 0 saturated carbocycles. The summed E-state index contributed by atoms with van der Waals surface area (Å²) in [6.07, 6.45) is -3.62. The molecule has 1 N–H and O–H groups in total. The highest BCUT2D eigenvalue weighted by Crippen LogP contribution is 2.36. The molecule has 1 aliphatic heterocycles. The van der Waals surface area contributed by atoms with Crippen molar-refractivity contribution < 1.29 is 22.7 Å². The predicted octanol–water partition coefficient (Wildman–Crippen LogP) is 5.96. The summed E-state index contributed by atoms with van der Waals surface area (Å²) < 4.78 is 41.1. The summed E-state index contributed by atoms with van der Waals surface area (Å²) in [5.74, 6) is -0.226. The zero-order chi connectivity index (χ0) is 21.3. The van der Waals surface area contributed by atoms with E-state index in [1.165, 1.54) is 23.5 Å². The van der Waals surface area contributed by atoms with Crippen molar-refractivity contribution in [2.24, 2.45) is 0 Å². The van der Waals surface area contributed by atoms with Crippen molar-refractivity contribution in [1.29, 1.82) is 0 Å². The molecule has 2 heterocycles. The van der Waals surface area contributed by atoms with Crippen molar-refractivity contribution in [3.63, 3.8) is 0 Å². The van der Waals surface area contributed by atoms with E-state index in [-0.39, 0.29) is 24.0 Å². The Morgan fingerprint density at radius 2 is 1.83 bits per heavy atom. The Kier molecular flexibility index (Phi) is 5.86. The minimum atomic E-state index is -4.72.